The molecule has 0 fully saturated rings. The summed E-state index contributed by atoms with van der Waals surface area (Å²) in [6, 6.07) is 0. The van der Waals surface area contributed by atoms with Crippen molar-refractivity contribution >= 4 is 5.97 Å². The van der Waals surface area contributed by atoms with Crippen molar-refractivity contribution in [3.8, 4) is 0 Å². The Morgan fingerprint density at radius 1 is 0.632 bits per heavy atom. The van der Waals surface area contributed by atoms with Crippen LogP contribution in [-0.2, 0) is 14.3 Å². The molecule has 0 rings (SSSR count). The summed E-state index contributed by atoms with van der Waals surface area (Å²) in [6.07, 6.45) is 36.8. The van der Waals surface area contributed by atoms with Crippen LogP contribution < -0.4 is 0 Å². The van der Waals surface area contributed by atoms with Crippen LogP contribution in [0.1, 0.15) is 162 Å². The first-order chi connectivity index (χ1) is 18.7. The second-order valence-electron chi connectivity index (χ2n) is 10.9. The van der Waals surface area contributed by atoms with Crippen molar-refractivity contribution in [3.63, 3.8) is 0 Å². The maximum atomic E-state index is 11.8. The molecular formula is C34H64O4. The summed E-state index contributed by atoms with van der Waals surface area (Å²) in [6.45, 7) is 5.22. The Bertz CT molecular complexity index is 529. The third-order valence-corrected chi connectivity index (χ3v) is 7.03. The third kappa shape index (κ3) is 29.4. The molecular weight excluding hydrogens is 472 g/mol. The molecule has 38 heavy (non-hydrogen) atoms. The average Bonchev–Trinajstić information content (AvgIpc) is 2.92. The van der Waals surface area contributed by atoms with Gasteiger partial charge in [0.05, 0.1) is 13.2 Å². The van der Waals surface area contributed by atoms with Gasteiger partial charge in [0.25, 0.3) is 0 Å². The molecule has 224 valence electrons. The number of unbranched alkanes of at least 4 members (excludes halogenated alkanes) is 18. The maximum absolute atomic E-state index is 11.8. The third-order valence-electron chi connectivity index (χ3n) is 7.03. The Labute approximate surface area is 237 Å². The summed E-state index contributed by atoms with van der Waals surface area (Å²) in [5, 5.41) is 9.41. The van der Waals surface area contributed by atoms with Crippen molar-refractivity contribution in [2.45, 2.75) is 168 Å². The Kier molecular flexibility index (Phi) is 31.1. The molecule has 1 N–H and O–H groups in total. The van der Waals surface area contributed by atoms with Gasteiger partial charge in [0, 0.05) is 13.0 Å². The fourth-order valence-corrected chi connectivity index (χ4v) is 4.53. The Hall–Kier alpha value is -1.13. The molecule has 0 aromatic carbocycles. The zero-order valence-corrected chi connectivity index (χ0v) is 25.4. The van der Waals surface area contributed by atoms with E-state index in [0.29, 0.717) is 19.6 Å². The van der Waals surface area contributed by atoms with Crippen molar-refractivity contribution in [1.29, 1.82) is 0 Å². The SMILES string of the molecule is CCCCCCC/C=C\C/C=C\CCCCCCCCCCCCOCC(CO)OC(=O)CCCCCC. The second-order valence-corrected chi connectivity index (χ2v) is 10.9. The van der Waals surface area contributed by atoms with Crippen LogP contribution >= 0.6 is 0 Å². The van der Waals surface area contributed by atoms with Crippen molar-refractivity contribution in [1.82, 2.24) is 0 Å². The minimum Gasteiger partial charge on any atom is -0.457 e. The van der Waals surface area contributed by atoms with Gasteiger partial charge in [0.15, 0.2) is 0 Å². The molecule has 1 atom stereocenters. The summed E-state index contributed by atoms with van der Waals surface area (Å²) >= 11 is 0. The molecule has 0 bridgehead atoms. The number of hydrogen-bond donors (Lipinski definition) is 1. The lowest BCUT2D eigenvalue weighted by atomic mass is 10.1. The molecule has 0 radical (unpaired) electrons. The minimum atomic E-state index is -0.526. The summed E-state index contributed by atoms with van der Waals surface area (Å²) in [4.78, 5) is 11.8. The van der Waals surface area contributed by atoms with Gasteiger partial charge in [0.2, 0.25) is 0 Å². The first-order valence-corrected chi connectivity index (χ1v) is 16.4. The first kappa shape index (κ1) is 36.9. The van der Waals surface area contributed by atoms with Crippen molar-refractivity contribution < 1.29 is 19.4 Å². The molecule has 0 saturated heterocycles. The molecule has 0 aromatic rings. The number of carbonyl (C=O) groups excluding carboxylic acids is 1. The van der Waals surface area contributed by atoms with Crippen LogP contribution in [0.2, 0.25) is 0 Å². The molecule has 0 aromatic heterocycles. The normalized spacial score (nSPS) is 12.6. The van der Waals surface area contributed by atoms with Gasteiger partial charge in [-0.05, 0) is 44.9 Å². The Morgan fingerprint density at radius 2 is 1.11 bits per heavy atom. The summed E-state index contributed by atoms with van der Waals surface area (Å²) in [7, 11) is 0. The fourth-order valence-electron chi connectivity index (χ4n) is 4.53. The molecule has 0 saturated carbocycles. The fraction of sp³-hybridized carbons (Fsp3) is 0.853. The van der Waals surface area contributed by atoms with Gasteiger partial charge in [-0.25, -0.2) is 0 Å². The van der Waals surface area contributed by atoms with Gasteiger partial charge in [-0.2, -0.15) is 0 Å². The van der Waals surface area contributed by atoms with E-state index in [4.69, 9.17) is 9.47 Å². The van der Waals surface area contributed by atoms with Crippen LogP contribution in [0.25, 0.3) is 0 Å². The number of hydrogen-bond acceptors (Lipinski definition) is 4. The van der Waals surface area contributed by atoms with Crippen LogP contribution in [0.5, 0.6) is 0 Å². The number of aliphatic hydroxyl groups is 1. The van der Waals surface area contributed by atoms with E-state index in [0.717, 1.165) is 38.5 Å². The summed E-state index contributed by atoms with van der Waals surface area (Å²) in [5.74, 6) is -0.220. The van der Waals surface area contributed by atoms with Crippen molar-refractivity contribution in [3.05, 3.63) is 24.3 Å². The number of ether oxygens (including phenoxy) is 2. The van der Waals surface area contributed by atoms with Gasteiger partial charge in [-0.3, -0.25) is 4.79 Å². The number of allylic oxidation sites excluding steroid dienone is 4. The van der Waals surface area contributed by atoms with Gasteiger partial charge in [0.1, 0.15) is 6.10 Å². The van der Waals surface area contributed by atoms with Crippen molar-refractivity contribution in [2.24, 2.45) is 0 Å². The standard InChI is InChI=1S/C34H64O4/c1-3-5-7-9-10-11-12-13-14-15-16-17-18-19-20-21-22-23-24-25-26-28-30-37-32-33(31-35)38-34(36)29-27-8-6-4-2/h12-13,15-16,33,35H,3-11,14,17-32H2,1-2H3/b13-12-,16-15-. The average molecular weight is 537 g/mol. The summed E-state index contributed by atoms with van der Waals surface area (Å²) < 4.78 is 10.9. The van der Waals surface area contributed by atoms with Gasteiger partial charge >= 0.3 is 5.97 Å². The van der Waals surface area contributed by atoms with E-state index in [1.54, 1.807) is 0 Å². The van der Waals surface area contributed by atoms with Crippen LogP contribution in [0.4, 0.5) is 0 Å². The van der Waals surface area contributed by atoms with E-state index in [-0.39, 0.29) is 12.6 Å². The highest BCUT2D eigenvalue weighted by molar-refractivity contribution is 5.69. The lowest BCUT2D eigenvalue weighted by Crippen LogP contribution is -2.27. The van der Waals surface area contributed by atoms with Gasteiger partial charge in [-0.15, -0.1) is 0 Å². The maximum Gasteiger partial charge on any atom is 0.306 e. The summed E-state index contributed by atoms with van der Waals surface area (Å²) in [5.41, 5.74) is 0. The predicted molar refractivity (Wildman–Crippen MR) is 164 cm³/mol. The zero-order valence-electron chi connectivity index (χ0n) is 25.4. The molecule has 4 heteroatoms. The van der Waals surface area contributed by atoms with E-state index in [9.17, 15) is 9.90 Å². The van der Waals surface area contributed by atoms with Crippen LogP contribution in [-0.4, -0.2) is 37.0 Å². The Morgan fingerprint density at radius 3 is 1.63 bits per heavy atom. The highest BCUT2D eigenvalue weighted by atomic mass is 16.6. The van der Waals surface area contributed by atoms with Crippen LogP contribution in [0.15, 0.2) is 24.3 Å². The highest BCUT2D eigenvalue weighted by Gasteiger charge is 2.13. The molecule has 0 heterocycles. The van der Waals surface area contributed by atoms with Gasteiger partial charge in [-0.1, -0.05) is 134 Å². The van der Waals surface area contributed by atoms with Crippen LogP contribution in [0.3, 0.4) is 0 Å². The molecule has 0 aliphatic heterocycles. The van der Waals surface area contributed by atoms with Crippen LogP contribution in [0, 0.1) is 0 Å². The quantitative estimate of drug-likeness (QED) is 0.0563. The number of rotatable bonds is 30. The lowest BCUT2D eigenvalue weighted by Gasteiger charge is -2.15. The lowest BCUT2D eigenvalue weighted by molar-refractivity contribution is -0.154. The smallest absolute Gasteiger partial charge is 0.306 e. The molecule has 0 spiro atoms. The molecule has 4 nitrogen and oxygen atoms in total. The van der Waals surface area contributed by atoms with E-state index < -0.39 is 6.10 Å². The predicted octanol–water partition coefficient (Wildman–Crippen LogP) is 10.0. The zero-order chi connectivity index (χ0) is 27.8. The number of aliphatic hydroxyl groups excluding tert-OH is 1. The number of carbonyl (C=O) groups is 1. The van der Waals surface area contributed by atoms with E-state index >= 15 is 0 Å². The van der Waals surface area contributed by atoms with Gasteiger partial charge < -0.3 is 14.6 Å². The van der Waals surface area contributed by atoms with E-state index in [2.05, 4.69) is 38.2 Å². The minimum absolute atomic E-state index is 0.172. The topological polar surface area (TPSA) is 55.8 Å². The highest BCUT2D eigenvalue weighted by Crippen LogP contribution is 2.12. The second kappa shape index (κ2) is 32.1. The van der Waals surface area contributed by atoms with Crippen molar-refractivity contribution in [2.75, 3.05) is 19.8 Å². The monoisotopic (exact) mass is 536 g/mol. The van der Waals surface area contributed by atoms with E-state index in [1.165, 1.54) is 103 Å². The molecule has 0 aliphatic carbocycles. The number of esters is 1. The van der Waals surface area contributed by atoms with E-state index in [1.807, 2.05) is 0 Å². The molecule has 0 aliphatic rings. The largest absolute Gasteiger partial charge is 0.457 e. The molecule has 0 amide bonds. The Balaban J connectivity index is 3.34. The first-order valence-electron chi connectivity index (χ1n) is 16.4. The molecule has 1 unspecified atom stereocenters.